The number of carboxylic acid groups (broad SMARTS) is 1. The van der Waals surface area contributed by atoms with Crippen LogP contribution in [0.15, 0.2) is 0 Å². The summed E-state index contributed by atoms with van der Waals surface area (Å²) < 4.78 is 4.84. The molecule has 0 radical (unpaired) electrons. The van der Waals surface area contributed by atoms with E-state index in [4.69, 9.17) is 9.29 Å². The zero-order valence-corrected chi connectivity index (χ0v) is 6.11. The summed E-state index contributed by atoms with van der Waals surface area (Å²) in [5.74, 6) is -0.245. The summed E-state index contributed by atoms with van der Waals surface area (Å²) in [6, 6.07) is 0. The van der Waals surface area contributed by atoms with Crippen LogP contribution in [0, 0.1) is 0 Å². The summed E-state index contributed by atoms with van der Waals surface area (Å²) >= 11 is 1.20. The fraction of sp³-hybridized carbons (Fsp3) is 0.800. The lowest BCUT2D eigenvalue weighted by atomic mass is 10.5. The third-order valence-corrected chi connectivity index (χ3v) is 1.37. The van der Waals surface area contributed by atoms with E-state index in [1.54, 1.807) is 0 Å². The van der Waals surface area contributed by atoms with Crippen LogP contribution in [0.2, 0.25) is 0 Å². The molecule has 3 nitrogen and oxygen atoms in total. The fourth-order valence-electron chi connectivity index (χ4n) is 0.271. The number of rotatable bonds is 5. The van der Waals surface area contributed by atoms with Crippen LogP contribution in [0.4, 0.5) is 0 Å². The van der Waals surface area contributed by atoms with E-state index in [0.717, 1.165) is 0 Å². The van der Waals surface area contributed by atoms with E-state index in [2.05, 4.69) is 0 Å². The zero-order valence-electron chi connectivity index (χ0n) is 5.29. The van der Waals surface area contributed by atoms with Crippen LogP contribution in [-0.4, -0.2) is 23.4 Å². The molecule has 0 saturated carbocycles. The minimum atomic E-state index is -0.776. The predicted octanol–water partition coefficient (Wildman–Crippen LogP) is 1.15. The Morgan fingerprint density at radius 1 is 1.78 bits per heavy atom. The summed E-state index contributed by atoms with van der Waals surface area (Å²) in [6.07, 6.45) is 0.171. The van der Waals surface area contributed by atoms with Crippen molar-refractivity contribution < 1.29 is 14.1 Å². The normalized spacial score (nSPS) is 9.44. The first kappa shape index (κ1) is 8.78. The number of carboxylic acids is 1. The van der Waals surface area contributed by atoms with Crippen LogP contribution in [0.25, 0.3) is 0 Å². The number of hydrogen-bond acceptors (Lipinski definition) is 3. The van der Waals surface area contributed by atoms with Gasteiger partial charge in [0, 0.05) is 5.75 Å². The third kappa shape index (κ3) is 7.78. The van der Waals surface area contributed by atoms with Crippen LogP contribution in [-0.2, 0) is 8.98 Å². The first-order valence-corrected chi connectivity index (χ1v) is 3.64. The highest BCUT2D eigenvalue weighted by atomic mass is 32.2. The molecule has 54 valence electrons. The molecule has 0 spiro atoms. The van der Waals surface area contributed by atoms with E-state index >= 15 is 0 Å². The van der Waals surface area contributed by atoms with Crippen molar-refractivity contribution in [1.29, 1.82) is 0 Å². The molecular formula is C5H10O3S. The molecule has 0 aliphatic heterocycles. The van der Waals surface area contributed by atoms with Gasteiger partial charge in [0.1, 0.15) is 0 Å². The summed E-state index contributed by atoms with van der Waals surface area (Å²) in [5.41, 5.74) is 0. The van der Waals surface area contributed by atoms with E-state index in [9.17, 15) is 4.79 Å². The van der Waals surface area contributed by atoms with Crippen molar-refractivity contribution in [1.82, 2.24) is 0 Å². The maximum Gasteiger partial charge on any atom is 0.304 e. The molecule has 0 aromatic carbocycles. The molecule has 1 N–H and O–H groups in total. The first-order chi connectivity index (χ1) is 4.27. The smallest absolute Gasteiger partial charge is 0.304 e. The molecule has 0 aliphatic rings. The van der Waals surface area contributed by atoms with E-state index in [0.29, 0.717) is 12.4 Å². The Bertz CT molecular complexity index is 84.3. The van der Waals surface area contributed by atoms with E-state index in [-0.39, 0.29) is 6.42 Å². The Hall–Kier alpha value is -0.220. The molecule has 0 rings (SSSR count). The second-order valence-corrected chi connectivity index (χ2v) is 2.25. The first-order valence-electron chi connectivity index (χ1n) is 2.73. The molecule has 0 heterocycles. The van der Waals surface area contributed by atoms with Crippen molar-refractivity contribution in [3.63, 3.8) is 0 Å². The Morgan fingerprint density at radius 3 is 2.89 bits per heavy atom. The zero-order chi connectivity index (χ0) is 7.11. The lowest BCUT2D eigenvalue weighted by molar-refractivity contribution is -0.136. The van der Waals surface area contributed by atoms with Crippen molar-refractivity contribution in [3.8, 4) is 0 Å². The molecule has 0 fully saturated rings. The molecule has 0 saturated heterocycles. The van der Waals surface area contributed by atoms with Gasteiger partial charge in [0.25, 0.3) is 0 Å². The van der Waals surface area contributed by atoms with Crippen molar-refractivity contribution in [2.45, 2.75) is 13.3 Å². The van der Waals surface area contributed by atoms with Gasteiger partial charge in [0.15, 0.2) is 0 Å². The SMILES string of the molecule is CCOSCCC(=O)O. The van der Waals surface area contributed by atoms with E-state index < -0.39 is 5.97 Å². The number of aliphatic carboxylic acids is 1. The van der Waals surface area contributed by atoms with Gasteiger partial charge in [0.2, 0.25) is 0 Å². The number of carbonyl (C=O) groups is 1. The summed E-state index contributed by atoms with van der Waals surface area (Å²) in [4.78, 5) is 9.89. The van der Waals surface area contributed by atoms with Gasteiger partial charge < -0.3 is 9.29 Å². The van der Waals surface area contributed by atoms with Crippen molar-refractivity contribution >= 4 is 18.0 Å². The molecule has 0 atom stereocenters. The average Bonchev–Trinajstić information content (AvgIpc) is 1.80. The summed E-state index contributed by atoms with van der Waals surface area (Å²) in [7, 11) is 0. The van der Waals surface area contributed by atoms with Gasteiger partial charge in [0.05, 0.1) is 13.0 Å². The predicted molar refractivity (Wildman–Crippen MR) is 36.3 cm³/mol. The Balaban J connectivity index is 2.83. The average molecular weight is 150 g/mol. The standard InChI is InChI=1S/C5H10O3S/c1-2-8-9-4-3-5(6)7/h2-4H2,1H3,(H,6,7). The van der Waals surface area contributed by atoms with Gasteiger partial charge in [-0.25, -0.2) is 0 Å². The molecule has 0 aromatic rings. The van der Waals surface area contributed by atoms with Gasteiger partial charge in [-0.3, -0.25) is 4.79 Å². The lowest BCUT2D eigenvalue weighted by Crippen LogP contribution is -1.96. The van der Waals surface area contributed by atoms with Crippen molar-refractivity contribution in [3.05, 3.63) is 0 Å². The minimum absolute atomic E-state index is 0.171. The maximum atomic E-state index is 9.89. The van der Waals surface area contributed by atoms with Crippen molar-refractivity contribution in [2.75, 3.05) is 12.4 Å². The van der Waals surface area contributed by atoms with Gasteiger partial charge in [-0.2, -0.15) is 0 Å². The quantitative estimate of drug-likeness (QED) is 0.471. The lowest BCUT2D eigenvalue weighted by Gasteiger charge is -1.94. The molecule has 0 amide bonds. The maximum absolute atomic E-state index is 9.89. The van der Waals surface area contributed by atoms with Crippen LogP contribution >= 0.6 is 12.0 Å². The largest absolute Gasteiger partial charge is 0.481 e. The van der Waals surface area contributed by atoms with Crippen LogP contribution in [0.1, 0.15) is 13.3 Å². The third-order valence-electron chi connectivity index (χ3n) is 0.600. The molecule has 0 unspecified atom stereocenters. The van der Waals surface area contributed by atoms with Crippen LogP contribution in [0.5, 0.6) is 0 Å². The second kappa shape index (κ2) is 5.91. The highest BCUT2D eigenvalue weighted by molar-refractivity contribution is 7.94. The van der Waals surface area contributed by atoms with Crippen LogP contribution < -0.4 is 0 Å². The Kier molecular flexibility index (Phi) is 5.76. The van der Waals surface area contributed by atoms with Gasteiger partial charge >= 0.3 is 5.97 Å². The summed E-state index contributed by atoms with van der Waals surface area (Å²) in [5, 5.41) is 8.14. The molecule has 4 heteroatoms. The molecule has 9 heavy (non-hydrogen) atoms. The van der Waals surface area contributed by atoms with Crippen molar-refractivity contribution in [2.24, 2.45) is 0 Å². The van der Waals surface area contributed by atoms with Gasteiger partial charge in [-0.05, 0) is 19.0 Å². The Morgan fingerprint density at radius 2 is 2.44 bits per heavy atom. The summed E-state index contributed by atoms with van der Waals surface area (Å²) in [6.45, 7) is 2.50. The monoisotopic (exact) mass is 150 g/mol. The minimum Gasteiger partial charge on any atom is -0.481 e. The van der Waals surface area contributed by atoms with Gasteiger partial charge in [-0.1, -0.05) is 0 Å². The molecule has 0 aromatic heterocycles. The van der Waals surface area contributed by atoms with E-state index in [1.165, 1.54) is 12.0 Å². The topological polar surface area (TPSA) is 46.5 Å². The molecule has 0 bridgehead atoms. The number of hydrogen-bond donors (Lipinski definition) is 1. The van der Waals surface area contributed by atoms with E-state index in [1.807, 2.05) is 6.92 Å². The second-order valence-electron chi connectivity index (χ2n) is 1.37. The Labute approximate surface area is 58.6 Å². The fourth-order valence-corrected chi connectivity index (χ4v) is 0.814. The molecular weight excluding hydrogens is 140 g/mol. The molecule has 0 aliphatic carbocycles. The van der Waals surface area contributed by atoms with Crippen LogP contribution in [0.3, 0.4) is 0 Å². The highest BCUT2D eigenvalue weighted by Gasteiger charge is 1.94. The van der Waals surface area contributed by atoms with Gasteiger partial charge in [-0.15, -0.1) is 0 Å². The highest BCUT2D eigenvalue weighted by Crippen LogP contribution is 2.02.